The van der Waals surface area contributed by atoms with Gasteiger partial charge in [-0.05, 0) is 0 Å². The number of hydrogen-bond acceptors (Lipinski definition) is 4. The van der Waals surface area contributed by atoms with Gasteiger partial charge in [0.25, 0.3) is 0 Å². The Hall–Kier alpha value is 1.88. The molecule has 0 aliphatic carbocycles. The number of thioether (sulfide) groups is 3. The molecule has 0 spiro atoms. The van der Waals surface area contributed by atoms with Crippen LogP contribution in [-0.4, -0.2) is 62.9 Å². The molecule has 0 fully saturated rings. The van der Waals surface area contributed by atoms with Crippen LogP contribution < -0.4 is 0 Å². The summed E-state index contributed by atoms with van der Waals surface area (Å²) in [5, 5.41) is 9.63. The molecule has 0 saturated heterocycles. The first-order valence-electron chi connectivity index (χ1n) is 5.38. The van der Waals surface area contributed by atoms with Gasteiger partial charge in [0.05, 0.1) is 6.61 Å². The van der Waals surface area contributed by atoms with Crippen molar-refractivity contribution < 1.29 is 5.11 Å². The molecule has 2 unspecified atom stereocenters. The van der Waals surface area contributed by atoms with Crippen LogP contribution in [0.5, 0.6) is 0 Å². The second-order valence-electron chi connectivity index (χ2n) is 3.24. The summed E-state index contributed by atoms with van der Waals surface area (Å²) >= 11 is 22.9. The highest BCUT2D eigenvalue weighted by Crippen LogP contribution is 2.24. The minimum Gasteiger partial charge on any atom is -0.396 e. The Morgan fingerprint density at radius 3 is 2.06 bits per heavy atom. The Morgan fingerprint density at radius 2 is 1.53 bits per heavy atom. The molecule has 17 heavy (non-hydrogen) atoms. The predicted molar refractivity (Wildman–Crippen MR) is 89.1 cm³/mol. The van der Waals surface area contributed by atoms with E-state index in [1.807, 2.05) is 23.5 Å². The first-order valence-corrected chi connectivity index (χ1v) is 10.2. The van der Waals surface area contributed by atoms with Crippen LogP contribution in [0.1, 0.15) is 0 Å². The summed E-state index contributed by atoms with van der Waals surface area (Å²) in [7, 11) is 0. The Balaban J connectivity index is 3.69. The fourth-order valence-corrected chi connectivity index (χ4v) is 5.52. The average Bonchev–Trinajstić information content (AvgIpc) is 2.36. The van der Waals surface area contributed by atoms with E-state index in [0.717, 1.165) is 23.0 Å². The van der Waals surface area contributed by atoms with Crippen LogP contribution in [0.15, 0.2) is 0 Å². The van der Waals surface area contributed by atoms with Gasteiger partial charge in [-0.2, -0.15) is 35.3 Å². The van der Waals surface area contributed by atoms with Crippen molar-refractivity contribution in [1.82, 2.24) is 0 Å². The largest absolute Gasteiger partial charge is 0.396 e. The van der Waals surface area contributed by atoms with Crippen LogP contribution in [0.3, 0.4) is 0 Å². The smallest absolute Gasteiger partial charge is 0.0521 e. The van der Waals surface area contributed by atoms with Gasteiger partial charge in [-0.3, -0.25) is 0 Å². The normalized spacial score (nSPS) is 14.8. The van der Waals surface area contributed by atoms with E-state index in [0.29, 0.717) is 28.1 Å². The number of rotatable bonds is 12. The van der Waals surface area contributed by atoms with Crippen molar-refractivity contribution in [2.75, 3.05) is 47.3 Å². The van der Waals surface area contributed by atoms with E-state index in [1.165, 1.54) is 0 Å². The van der Waals surface area contributed by atoms with Crippen LogP contribution in [0.2, 0.25) is 0 Å². The predicted octanol–water partition coefficient (Wildman–Crippen LogP) is 3.63. The van der Waals surface area contributed by atoms with Gasteiger partial charge >= 0.3 is 0 Å². The molecule has 0 heterocycles. The van der Waals surface area contributed by atoms with E-state index in [1.54, 1.807) is 11.8 Å². The summed E-state index contributed by atoms with van der Waals surface area (Å²) < 4.78 is 0. The monoisotopic (exact) mass is 356 g/mol. The summed E-state index contributed by atoms with van der Waals surface area (Å²) in [4.78, 5) is 0. The fourth-order valence-electron chi connectivity index (χ4n) is 1.01. The topological polar surface area (TPSA) is 20.2 Å². The molecule has 0 saturated carbocycles. The summed E-state index contributed by atoms with van der Waals surface area (Å²) in [6.45, 7) is 0.216. The zero-order valence-corrected chi connectivity index (χ0v) is 14.3. The Labute approximate surface area is 132 Å². The molecule has 0 aromatic rings. The van der Waals surface area contributed by atoms with Gasteiger partial charge in [0.15, 0.2) is 0 Å². The SMILES string of the molecule is OCCSC(CCl)CSC(CCl)CSCCCl. The van der Waals surface area contributed by atoms with Gasteiger partial charge < -0.3 is 5.11 Å². The molecule has 0 rings (SSSR count). The molecule has 1 N–H and O–H groups in total. The molecule has 0 bridgehead atoms. The lowest BCUT2D eigenvalue weighted by Crippen LogP contribution is -2.16. The molecule has 0 aromatic heterocycles. The molecular weight excluding hydrogens is 339 g/mol. The van der Waals surface area contributed by atoms with E-state index < -0.39 is 0 Å². The van der Waals surface area contributed by atoms with Gasteiger partial charge in [0.1, 0.15) is 0 Å². The van der Waals surface area contributed by atoms with Gasteiger partial charge in [0, 0.05) is 51.2 Å². The quantitative estimate of drug-likeness (QED) is 0.425. The van der Waals surface area contributed by atoms with Crippen molar-refractivity contribution in [3.05, 3.63) is 0 Å². The van der Waals surface area contributed by atoms with Gasteiger partial charge in [-0.15, -0.1) is 34.8 Å². The Bertz CT molecular complexity index is 166. The zero-order chi connectivity index (χ0) is 12.9. The summed E-state index contributed by atoms with van der Waals surface area (Å²) in [5.74, 6) is 5.76. The van der Waals surface area contributed by atoms with Gasteiger partial charge in [-0.25, -0.2) is 0 Å². The second kappa shape index (κ2) is 14.3. The maximum atomic E-state index is 8.77. The lowest BCUT2D eigenvalue weighted by atomic mass is 10.5. The highest BCUT2D eigenvalue weighted by Gasteiger charge is 2.13. The lowest BCUT2D eigenvalue weighted by molar-refractivity contribution is 0.322. The highest BCUT2D eigenvalue weighted by atomic mass is 35.5. The number of aliphatic hydroxyl groups excluding tert-OH is 1. The first kappa shape index (κ1) is 18.9. The van der Waals surface area contributed by atoms with Crippen LogP contribution in [0, 0.1) is 0 Å². The number of alkyl halides is 3. The van der Waals surface area contributed by atoms with E-state index in [9.17, 15) is 0 Å². The fraction of sp³-hybridized carbons (Fsp3) is 1.00. The molecule has 0 aliphatic heterocycles. The van der Waals surface area contributed by atoms with E-state index in [4.69, 9.17) is 39.9 Å². The van der Waals surface area contributed by atoms with Crippen molar-refractivity contribution in [3.8, 4) is 0 Å². The molecule has 0 amide bonds. The van der Waals surface area contributed by atoms with E-state index in [2.05, 4.69) is 0 Å². The van der Waals surface area contributed by atoms with E-state index in [-0.39, 0.29) is 6.61 Å². The molecule has 104 valence electrons. The molecule has 2 atom stereocenters. The molecule has 0 radical (unpaired) electrons. The molecule has 0 aromatic carbocycles. The third-order valence-corrected chi connectivity index (χ3v) is 7.53. The standard InChI is InChI=1S/C10H19Cl3OS3/c11-1-3-15-7-9(5-12)17-8-10(6-13)16-4-2-14/h9-10,14H,1-8H2. The van der Waals surface area contributed by atoms with Crippen molar-refractivity contribution >= 4 is 70.1 Å². The molecule has 0 aliphatic rings. The highest BCUT2D eigenvalue weighted by molar-refractivity contribution is 8.05. The molecule has 7 heteroatoms. The third-order valence-electron chi connectivity index (χ3n) is 1.83. The maximum Gasteiger partial charge on any atom is 0.0521 e. The van der Waals surface area contributed by atoms with Crippen molar-refractivity contribution in [3.63, 3.8) is 0 Å². The Morgan fingerprint density at radius 1 is 0.882 bits per heavy atom. The van der Waals surface area contributed by atoms with Gasteiger partial charge in [0.2, 0.25) is 0 Å². The summed E-state index contributed by atoms with van der Waals surface area (Å²) in [6.07, 6.45) is 0. The van der Waals surface area contributed by atoms with Crippen molar-refractivity contribution in [1.29, 1.82) is 0 Å². The molecule has 1 nitrogen and oxygen atoms in total. The number of hydrogen-bond donors (Lipinski definition) is 1. The minimum absolute atomic E-state index is 0.216. The third kappa shape index (κ3) is 11.4. The zero-order valence-electron chi connectivity index (χ0n) is 9.62. The number of aliphatic hydroxyl groups is 1. The Kier molecular flexibility index (Phi) is 15.9. The van der Waals surface area contributed by atoms with Crippen LogP contribution >= 0.6 is 70.1 Å². The van der Waals surface area contributed by atoms with Crippen molar-refractivity contribution in [2.45, 2.75) is 10.5 Å². The minimum atomic E-state index is 0.216. The van der Waals surface area contributed by atoms with Crippen LogP contribution in [-0.2, 0) is 0 Å². The molecular formula is C10H19Cl3OS3. The van der Waals surface area contributed by atoms with Crippen molar-refractivity contribution in [2.24, 2.45) is 0 Å². The van der Waals surface area contributed by atoms with Crippen LogP contribution in [0.4, 0.5) is 0 Å². The summed E-state index contributed by atoms with van der Waals surface area (Å²) in [6, 6.07) is 0. The second-order valence-corrected chi connectivity index (χ2v) is 8.13. The lowest BCUT2D eigenvalue weighted by Gasteiger charge is -2.17. The van der Waals surface area contributed by atoms with Gasteiger partial charge in [-0.1, -0.05) is 0 Å². The van der Waals surface area contributed by atoms with Crippen LogP contribution in [0.25, 0.3) is 0 Å². The summed E-state index contributed by atoms with van der Waals surface area (Å²) in [5.41, 5.74) is 0. The first-order chi connectivity index (χ1) is 8.28. The average molecular weight is 358 g/mol. The maximum absolute atomic E-state index is 8.77. The number of halogens is 3. The van der Waals surface area contributed by atoms with E-state index >= 15 is 0 Å².